The van der Waals surface area contributed by atoms with E-state index in [1.165, 1.54) is 40.3 Å². The summed E-state index contributed by atoms with van der Waals surface area (Å²) in [7, 11) is -3.84. The number of nitrogens with one attached hydrogen (secondary N) is 1. The van der Waals surface area contributed by atoms with Crippen LogP contribution in [0.3, 0.4) is 0 Å². The maximum atomic E-state index is 13.2. The Hall–Kier alpha value is -3.30. The Kier molecular flexibility index (Phi) is 6.71. The molecule has 7 nitrogen and oxygen atoms in total. The lowest BCUT2D eigenvalue weighted by Crippen LogP contribution is -2.29. The van der Waals surface area contributed by atoms with Crippen LogP contribution in [0.25, 0.3) is 0 Å². The summed E-state index contributed by atoms with van der Waals surface area (Å²) in [6, 6.07) is 20.3. The van der Waals surface area contributed by atoms with Gasteiger partial charge in [0.2, 0.25) is 0 Å². The number of carbonyl (C=O) groups is 2. The zero-order valence-corrected chi connectivity index (χ0v) is 19.5. The Labute approximate surface area is 196 Å². The Morgan fingerprint density at radius 1 is 1.03 bits per heavy atom. The summed E-state index contributed by atoms with van der Waals surface area (Å²) >= 11 is 1.49. The molecule has 0 saturated carbocycles. The first-order valence-electron chi connectivity index (χ1n) is 10.2. The first kappa shape index (κ1) is 22.9. The average molecular weight is 483 g/mol. The fourth-order valence-corrected chi connectivity index (χ4v) is 5.72. The molecule has 1 aliphatic heterocycles. The Balaban J connectivity index is 1.44. The molecule has 170 valence electrons. The molecule has 3 aromatic rings. The second-order valence-electron chi connectivity index (χ2n) is 7.31. The Morgan fingerprint density at radius 3 is 2.61 bits per heavy atom. The molecule has 0 aromatic heterocycles. The van der Waals surface area contributed by atoms with Gasteiger partial charge in [0.1, 0.15) is 0 Å². The maximum absolute atomic E-state index is 13.2. The van der Waals surface area contributed by atoms with Gasteiger partial charge in [-0.3, -0.25) is 9.10 Å². The second-order valence-corrected chi connectivity index (χ2v) is 10.0. The van der Waals surface area contributed by atoms with Gasteiger partial charge in [0.15, 0.2) is 6.61 Å². The standard InChI is InChI=1S/C24H22N2O5S2/c1-32-22-12-5-3-10-20(22)25-23(27)16-31-24(28)18-8-6-9-19(15-18)33(29,30)26-14-13-17-7-2-4-11-21(17)26/h2-12,15H,13-14,16H2,1H3,(H,25,27). The van der Waals surface area contributed by atoms with Crippen LogP contribution in [-0.4, -0.2) is 39.7 Å². The number of hydrogen-bond acceptors (Lipinski definition) is 6. The highest BCUT2D eigenvalue weighted by atomic mass is 32.2. The van der Waals surface area contributed by atoms with E-state index in [-0.39, 0.29) is 10.5 Å². The zero-order chi connectivity index (χ0) is 23.4. The van der Waals surface area contributed by atoms with Gasteiger partial charge in [-0.2, -0.15) is 0 Å². The minimum atomic E-state index is -3.84. The summed E-state index contributed by atoms with van der Waals surface area (Å²) in [5, 5.41) is 2.71. The molecule has 0 saturated heterocycles. The van der Waals surface area contributed by atoms with E-state index in [9.17, 15) is 18.0 Å². The van der Waals surface area contributed by atoms with Gasteiger partial charge in [-0.25, -0.2) is 13.2 Å². The number of anilines is 2. The molecule has 3 aromatic carbocycles. The van der Waals surface area contributed by atoms with Crippen molar-refractivity contribution in [3.63, 3.8) is 0 Å². The van der Waals surface area contributed by atoms with Gasteiger partial charge in [0.05, 0.1) is 21.8 Å². The summed E-state index contributed by atoms with van der Waals surface area (Å²) in [5.41, 5.74) is 2.30. The van der Waals surface area contributed by atoms with Crippen LogP contribution in [0.1, 0.15) is 15.9 Å². The lowest BCUT2D eigenvalue weighted by molar-refractivity contribution is -0.119. The first-order chi connectivity index (χ1) is 15.9. The monoisotopic (exact) mass is 482 g/mol. The molecule has 1 amide bonds. The van der Waals surface area contributed by atoms with Crippen molar-refractivity contribution < 1.29 is 22.7 Å². The van der Waals surface area contributed by atoms with Crippen molar-refractivity contribution in [2.24, 2.45) is 0 Å². The van der Waals surface area contributed by atoms with Gasteiger partial charge in [0, 0.05) is 11.4 Å². The topological polar surface area (TPSA) is 92.8 Å². The molecule has 0 spiro atoms. The van der Waals surface area contributed by atoms with Gasteiger partial charge in [0.25, 0.3) is 15.9 Å². The van der Waals surface area contributed by atoms with Gasteiger partial charge in [-0.15, -0.1) is 11.8 Å². The van der Waals surface area contributed by atoms with E-state index in [0.717, 1.165) is 10.5 Å². The van der Waals surface area contributed by atoms with Gasteiger partial charge in [-0.05, 0) is 54.6 Å². The lowest BCUT2D eigenvalue weighted by Gasteiger charge is -2.19. The van der Waals surface area contributed by atoms with Crippen molar-refractivity contribution in [3.8, 4) is 0 Å². The van der Waals surface area contributed by atoms with Crippen LogP contribution in [0.4, 0.5) is 11.4 Å². The predicted molar refractivity (Wildman–Crippen MR) is 128 cm³/mol. The number of sulfonamides is 1. The van der Waals surface area contributed by atoms with E-state index in [0.29, 0.717) is 24.3 Å². The fraction of sp³-hybridized carbons (Fsp3) is 0.167. The normalized spacial score (nSPS) is 12.8. The number of ether oxygens (including phenoxy) is 1. The molecule has 4 rings (SSSR count). The summed E-state index contributed by atoms with van der Waals surface area (Å²) in [6.07, 6.45) is 2.53. The highest BCUT2D eigenvalue weighted by Gasteiger charge is 2.31. The van der Waals surface area contributed by atoms with Crippen LogP contribution in [0, 0.1) is 0 Å². The number of benzene rings is 3. The summed E-state index contributed by atoms with van der Waals surface area (Å²) in [4.78, 5) is 25.6. The van der Waals surface area contributed by atoms with E-state index in [1.807, 2.05) is 30.5 Å². The largest absolute Gasteiger partial charge is 0.452 e. The summed E-state index contributed by atoms with van der Waals surface area (Å²) in [5.74, 6) is -1.26. The van der Waals surface area contributed by atoms with Crippen LogP contribution < -0.4 is 9.62 Å². The number of hydrogen-bond donors (Lipinski definition) is 1. The van der Waals surface area contributed by atoms with Crippen molar-refractivity contribution >= 4 is 45.0 Å². The van der Waals surface area contributed by atoms with E-state index in [1.54, 1.807) is 24.3 Å². The minimum Gasteiger partial charge on any atom is -0.452 e. The molecule has 1 heterocycles. The first-order valence-corrected chi connectivity index (χ1v) is 12.9. The molecule has 33 heavy (non-hydrogen) atoms. The number of esters is 1. The molecule has 0 atom stereocenters. The van der Waals surface area contributed by atoms with Crippen molar-refractivity contribution in [2.45, 2.75) is 16.2 Å². The third kappa shape index (κ3) is 4.89. The smallest absolute Gasteiger partial charge is 0.338 e. The summed E-state index contributed by atoms with van der Waals surface area (Å²) < 4.78 is 32.9. The van der Waals surface area contributed by atoms with Crippen LogP contribution in [0.5, 0.6) is 0 Å². The maximum Gasteiger partial charge on any atom is 0.338 e. The van der Waals surface area contributed by atoms with Crippen molar-refractivity contribution in [1.29, 1.82) is 0 Å². The molecule has 0 bridgehead atoms. The van der Waals surface area contributed by atoms with Gasteiger partial charge >= 0.3 is 5.97 Å². The predicted octanol–water partition coefficient (Wildman–Crippen LogP) is 3.96. The molecule has 0 radical (unpaired) electrons. The molecule has 1 aliphatic rings. The second kappa shape index (κ2) is 9.68. The third-order valence-electron chi connectivity index (χ3n) is 5.22. The molecule has 1 N–H and O–H groups in total. The number of thioether (sulfide) groups is 1. The Bertz CT molecular complexity index is 1310. The van der Waals surface area contributed by atoms with E-state index < -0.39 is 28.5 Å². The van der Waals surface area contributed by atoms with E-state index >= 15 is 0 Å². The highest BCUT2D eigenvalue weighted by Crippen LogP contribution is 2.32. The number of para-hydroxylation sites is 2. The number of rotatable bonds is 7. The SMILES string of the molecule is CSc1ccccc1NC(=O)COC(=O)c1cccc(S(=O)(=O)N2CCc3ccccc32)c1. The quantitative estimate of drug-likeness (QED) is 0.405. The highest BCUT2D eigenvalue weighted by molar-refractivity contribution is 7.98. The van der Waals surface area contributed by atoms with Gasteiger partial charge in [-0.1, -0.05) is 36.4 Å². The van der Waals surface area contributed by atoms with Crippen LogP contribution in [-0.2, 0) is 26.0 Å². The van der Waals surface area contributed by atoms with E-state index in [4.69, 9.17) is 4.74 Å². The lowest BCUT2D eigenvalue weighted by atomic mass is 10.2. The van der Waals surface area contributed by atoms with E-state index in [2.05, 4.69) is 5.32 Å². The number of carbonyl (C=O) groups excluding carboxylic acids is 2. The molecule has 0 fully saturated rings. The van der Waals surface area contributed by atoms with Crippen molar-refractivity contribution in [2.75, 3.05) is 29.0 Å². The van der Waals surface area contributed by atoms with Crippen molar-refractivity contribution in [1.82, 2.24) is 0 Å². The van der Waals surface area contributed by atoms with Crippen molar-refractivity contribution in [3.05, 3.63) is 83.9 Å². The molecular weight excluding hydrogens is 460 g/mol. The molecule has 0 aliphatic carbocycles. The number of nitrogens with zero attached hydrogens (tertiary/aromatic N) is 1. The Morgan fingerprint density at radius 2 is 1.79 bits per heavy atom. The van der Waals surface area contributed by atoms with Crippen LogP contribution in [0.2, 0.25) is 0 Å². The molecule has 0 unspecified atom stereocenters. The average Bonchev–Trinajstić information content (AvgIpc) is 3.28. The third-order valence-corrected chi connectivity index (χ3v) is 7.82. The molecule has 9 heteroatoms. The number of fused-ring (bicyclic) bond motifs is 1. The minimum absolute atomic E-state index is 0.00741. The zero-order valence-electron chi connectivity index (χ0n) is 17.9. The molecular formula is C24H22N2O5S2. The summed E-state index contributed by atoms with van der Waals surface area (Å²) in [6.45, 7) is -0.147. The number of amides is 1. The van der Waals surface area contributed by atoms with Crippen LogP contribution in [0.15, 0.2) is 82.6 Å². The fourth-order valence-electron chi connectivity index (χ4n) is 3.62. The van der Waals surface area contributed by atoms with Gasteiger partial charge < -0.3 is 10.1 Å². The van der Waals surface area contributed by atoms with Crippen LogP contribution >= 0.6 is 11.8 Å².